The van der Waals surface area contributed by atoms with E-state index in [4.69, 9.17) is 49.0 Å². The third kappa shape index (κ3) is 3.21. The van der Waals surface area contributed by atoms with Gasteiger partial charge in [0.15, 0.2) is 11.6 Å². The SMILES string of the molecule is O=C1C=CC(=O)C2=C1CCCC21Oc2cccc3c(OC(=O)C(Cl)(Cl)Cl)ccc(c23)O1. The molecule has 0 aromatic heterocycles. The highest BCUT2D eigenvalue weighted by atomic mass is 35.6. The Bertz CT molecular complexity index is 1230. The van der Waals surface area contributed by atoms with Crippen LogP contribution in [0.3, 0.4) is 0 Å². The molecule has 3 aliphatic rings. The Morgan fingerprint density at radius 2 is 1.71 bits per heavy atom. The lowest BCUT2D eigenvalue weighted by molar-refractivity contribution is -0.133. The first-order valence-electron chi connectivity index (χ1n) is 9.43. The van der Waals surface area contributed by atoms with Crippen LogP contribution < -0.4 is 14.2 Å². The molecule has 1 spiro atoms. The smallest absolute Gasteiger partial charge is 0.363 e. The van der Waals surface area contributed by atoms with Crippen molar-refractivity contribution in [3.63, 3.8) is 0 Å². The monoisotopic (exact) mass is 478 g/mol. The van der Waals surface area contributed by atoms with Crippen molar-refractivity contribution in [1.29, 1.82) is 0 Å². The summed E-state index contributed by atoms with van der Waals surface area (Å²) in [5.41, 5.74) is 0.656. The van der Waals surface area contributed by atoms with Crippen LogP contribution in [0.25, 0.3) is 10.8 Å². The Balaban J connectivity index is 1.62. The number of hydrogen-bond acceptors (Lipinski definition) is 6. The fourth-order valence-corrected chi connectivity index (χ4v) is 4.32. The number of halogens is 3. The van der Waals surface area contributed by atoms with Crippen molar-refractivity contribution < 1.29 is 28.6 Å². The topological polar surface area (TPSA) is 78.9 Å². The first-order chi connectivity index (χ1) is 14.7. The van der Waals surface area contributed by atoms with E-state index in [2.05, 4.69) is 0 Å². The standard InChI is InChI=1S/C22H13Cl3O6/c23-22(24,25)20(28)29-15-8-9-17-18-12(15)3-1-5-16(18)30-21(31-17)10-2-4-11-13(26)6-7-14(27)19(11)21/h1,3,5-9H,2,4,10H2. The van der Waals surface area contributed by atoms with Gasteiger partial charge in [-0.25, -0.2) is 4.79 Å². The van der Waals surface area contributed by atoms with Gasteiger partial charge in [-0.15, -0.1) is 0 Å². The number of ketones is 2. The molecule has 1 heterocycles. The first kappa shape index (κ1) is 20.4. The van der Waals surface area contributed by atoms with Crippen molar-refractivity contribution in [2.45, 2.75) is 28.8 Å². The van der Waals surface area contributed by atoms with Crippen molar-refractivity contribution >= 4 is 63.1 Å². The summed E-state index contributed by atoms with van der Waals surface area (Å²) in [6, 6.07) is 8.24. The van der Waals surface area contributed by atoms with Crippen molar-refractivity contribution in [2.75, 3.05) is 0 Å². The van der Waals surface area contributed by atoms with Crippen LogP contribution in [0.2, 0.25) is 0 Å². The third-order valence-electron chi connectivity index (χ3n) is 5.45. The van der Waals surface area contributed by atoms with Gasteiger partial charge in [-0.3, -0.25) is 9.59 Å². The number of benzene rings is 2. The molecular weight excluding hydrogens is 467 g/mol. The molecule has 0 saturated carbocycles. The maximum atomic E-state index is 12.7. The number of alkyl halides is 3. The van der Waals surface area contributed by atoms with Gasteiger partial charge >= 0.3 is 5.97 Å². The molecule has 0 N–H and O–H groups in total. The number of fused-ring (bicyclic) bond motifs is 1. The minimum Gasteiger partial charge on any atom is -0.447 e. The normalized spacial score (nSPS) is 22.3. The van der Waals surface area contributed by atoms with E-state index in [9.17, 15) is 14.4 Å². The van der Waals surface area contributed by atoms with E-state index in [1.165, 1.54) is 18.2 Å². The fraction of sp³-hybridized carbons (Fsp3) is 0.227. The molecule has 158 valence electrons. The van der Waals surface area contributed by atoms with E-state index in [0.717, 1.165) is 0 Å². The second-order valence-electron chi connectivity index (χ2n) is 7.35. The summed E-state index contributed by atoms with van der Waals surface area (Å²) in [5, 5.41) is 1.05. The van der Waals surface area contributed by atoms with E-state index >= 15 is 0 Å². The van der Waals surface area contributed by atoms with E-state index in [-0.39, 0.29) is 22.9 Å². The van der Waals surface area contributed by atoms with Gasteiger partial charge in [0.05, 0.1) is 11.0 Å². The minimum absolute atomic E-state index is 0.162. The highest BCUT2D eigenvalue weighted by Gasteiger charge is 2.50. The Hall–Kier alpha value is -2.54. The molecule has 5 rings (SSSR count). The molecule has 1 aliphatic heterocycles. The second-order valence-corrected chi connectivity index (χ2v) is 9.64. The van der Waals surface area contributed by atoms with Crippen molar-refractivity contribution in [3.05, 3.63) is 53.6 Å². The third-order valence-corrected chi connectivity index (χ3v) is 5.92. The summed E-state index contributed by atoms with van der Waals surface area (Å²) < 4.78 is 15.5. The highest BCUT2D eigenvalue weighted by molar-refractivity contribution is 6.75. The quantitative estimate of drug-likeness (QED) is 0.254. The maximum absolute atomic E-state index is 12.7. The zero-order valence-corrected chi connectivity index (χ0v) is 18.0. The number of hydrogen-bond donors (Lipinski definition) is 0. The average Bonchev–Trinajstić information content (AvgIpc) is 2.72. The molecule has 1 atom stereocenters. The predicted molar refractivity (Wildman–Crippen MR) is 114 cm³/mol. The van der Waals surface area contributed by atoms with E-state index in [0.29, 0.717) is 47.1 Å². The van der Waals surface area contributed by atoms with Gasteiger partial charge in [0, 0.05) is 17.4 Å². The molecule has 0 amide bonds. The first-order valence-corrected chi connectivity index (χ1v) is 10.6. The van der Waals surface area contributed by atoms with Crippen LogP contribution >= 0.6 is 34.8 Å². The van der Waals surface area contributed by atoms with Gasteiger partial charge in [0.25, 0.3) is 9.58 Å². The fourth-order valence-electron chi connectivity index (χ4n) is 4.21. The number of rotatable bonds is 1. The van der Waals surface area contributed by atoms with Gasteiger partial charge < -0.3 is 14.2 Å². The molecule has 31 heavy (non-hydrogen) atoms. The minimum atomic E-state index is -2.23. The van der Waals surface area contributed by atoms with Gasteiger partial charge in [-0.05, 0) is 43.2 Å². The number of allylic oxidation sites excluding steroid dienone is 3. The van der Waals surface area contributed by atoms with Gasteiger partial charge in [-0.1, -0.05) is 46.9 Å². The molecule has 0 bridgehead atoms. The number of carbonyl (C=O) groups is 3. The largest absolute Gasteiger partial charge is 0.447 e. The summed E-state index contributed by atoms with van der Waals surface area (Å²) in [5.74, 6) is -1.95. The Morgan fingerprint density at radius 3 is 2.45 bits per heavy atom. The van der Waals surface area contributed by atoms with Crippen molar-refractivity contribution in [3.8, 4) is 17.2 Å². The molecule has 0 radical (unpaired) electrons. The maximum Gasteiger partial charge on any atom is 0.363 e. The summed E-state index contributed by atoms with van der Waals surface area (Å²) >= 11 is 16.8. The molecular formula is C22H13Cl3O6. The van der Waals surface area contributed by atoms with E-state index in [1.807, 2.05) is 0 Å². The Kier molecular flexibility index (Phi) is 4.59. The zero-order chi connectivity index (χ0) is 22.0. The lowest BCUT2D eigenvalue weighted by Crippen LogP contribution is -2.51. The van der Waals surface area contributed by atoms with Crippen LogP contribution in [0.15, 0.2) is 53.6 Å². The average molecular weight is 480 g/mol. The summed E-state index contributed by atoms with van der Waals surface area (Å²) in [7, 11) is 0. The molecule has 1 unspecified atom stereocenters. The summed E-state index contributed by atoms with van der Waals surface area (Å²) in [4.78, 5) is 37.1. The Morgan fingerprint density at radius 1 is 1.00 bits per heavy atom. The van der Waals surface area contributed by atoms with Crippen molar-refractivity contribution in [1.82, 2.24) is 0 Å². The second kappa shape index (κ2) is 6.99. The lowest BCUT2D eigenvalue weighted by atomic mass is 9.79. The molecule has 0 saturated heterocycles. The number of carbonyl (C=O) groups excluding carboxylic acids is 3. The number of ether oxygens (including phenoxy) is 3. The summed E-state index contributed by atoms with van der Waals surface area (Å²) in [6.45, 7) is 0. The summed E-state index contributed by atoms with van der Waals surface area (Å²) in [6.07, 6.45) is 4.04. The molecule has 0 fully saturated rings. The van der Waals surface area contributed by atoms with Gasteiger partial charge in [0.1, 0.15) is 17.2 Å². The van der Waals surface area contributed by atoms with Crippen LogP contribution in [-0.2, 0) is 14.4 Å². The van der Waals surface area contributed by atoms with Gasteiger partial charge in [0.2, 0.25) is 0 Å². The molecule has 2 aromatic rings. The zero-order valence-electron chi connectivity index (χ0n) is 15.7. The van der Waals surface area contributed by atoms with E-state index in [1.54, 1.807) is 24.3 Å². The molecule has 9 heteroatoms. The molecule has 2 aliphatic carbocycles. The Labute approximate surface area is 191 Å². The number of esters is 1. The molecule has 2 aromatic carbocycles. The van der Waals surface area contributed by atoms with Crippen molar-refractivity contribution in [2.24, 2.45) is 0 Å². The van der Waals surface area contributed by atoms with Gasteiger partial charge in [-0.2, -0.15) is 0 Å². The highest BCUT2D eigenvalue weighted by Crippen LogP contribution is 2.50. The van der Waals surface area contributed by atoms with Crippen LogP contribution in [0, 0.1) is 0 Å². The van der Waals surface area contributed by atoms with Crippen LogP contribution in [0.1, 0.15) is 19.3 Å². The molecule has 6 nitrogen and oxygen atoms in total. The van der Waals surface area contributed by atoms with Crippen LogP contribution in [-0.4, -0.2) is 27.1 Å². The lowest BCUT2D eigenvalue weighted by Gasteiger charge is -2.43. The van der Waals surface area contributed by atoms with E-state index < -0.39 is 15.5 Å². The predicted octanol–water partition coefficient (Wildman–Crippen LogP) is 4.77. The van der Waals surface area contributed by atoms with Crippen LogP contribution in [0.4, 0.5) is 0 Å². The van der Waals surface area contributed by atoms with Crippen LogP contribution in [0.5, 0.6) is 17.2 Å².